The van der Waals surface area contributed by atoms with E-state index in [1.54, 1.807) is 0 Å². The molecule has 0 bridgehead atoms. The molecule has 2 amide bonds. The lowest BCUT2D eigenvalue weighted by Gasteiger charge is -2.23. The highest BCUT2D eigenvalue weighted by Crippen LogP contribution is 2.38. The van der Waals surface area contributed by atoms with Gasteiger partial charge in [-0.25, -0.2) is 0 Å². The molecule has 0 spiro atoms. The third-order valence-electron chi connectivity index (χ3n) is 6.38. The molecule has 5 nitrogen and oxygen atoms in total. The number of nitrogens with one attached hydrogen (secondary N) is 1. The first-order valence-electron chi connectivity index (χ1n) is 11.0. The smallest absolute Gasteiger partial charge is 0.253 e. The highest BCUT2D eigenvalue weighted by Gasteiger charge is 2.39. The van der Waals surface area contributed by atoms with Crippen LogP contribution >= 0.6 is 0 Å². The molecule has 2 aliphatic rings. The van der Waals surface area contributed by atoms with Crippen LogP contribution in [0.25, 0.3) is 0 Å². The van der Waals surface area contributed by atoms with E-state index in [4.69, 9.17) is 0 Å². The number of rotatable bonds is 5. The third-order valence-corrected chi connectivity index (χ3v) is 6.38. The van der Waals surface area contributed by atoms with E-state index >= 15 is 0 Å². The molecule has 30 heavy (non-hydrogen) atoms. The van der Waals surface area contributed by atoms with Crippen LogP contribution in [0.5, 0.6) is 0 Å². The van der Waals surface area contributed by atoms with Crippen molar-refractivity contribution >= 4 is 17.5 Å². The molecule has 2 aromatic carbocycles. The minimum Gasteiger partial charge on any atom is -0.337 e. The van der Waals surface area contributed by atoms with E-state index in [1.165, 1.54) is 11.1 Å². The number of amides is 2. The van der Waals surface area contributed by atoms with Gasteiger partial charge in [0.2, 0.25) is 5.91 Å². The first-order chi connectivity index (χ1) is 14.5. The number of aryl methyl sites for hydroxylation is 1. The molecule has 2 unspecified atom stereocenters. The quantitative estimate of drug-likeness (QED) is 0.820. The van der Waals surface area contributed by atoms with Gasteiger partial charge >= 0.3 is 0 Å². The van der Waals surface area contributed by atoms with E-state index in [2.05, 4.69) is 48.3 Å². The first-order valence-corrected chi connectivity index (χ1v) is 11.0. The lowest BCUT2D eigenvalue weighted by atomic mass is 10.1. The molecule has 1 saturated carbocycles. The number of carbonyl (C=O) groups is 2. The maximum Gasteiger partial charge on any atom is 0.253 e. The van der Waals surface area contributed by atoms with Gasteiger partial charge in [-0.15, -0.1) is 0 Å². The molecule has 158 valence electrons. The largest absolute Gasteiger partial charge is 0.337 e. The van der Waals surface area contributed by atoms with Gasteiger partial charge in [-0.05, 0) is 61.1 Å². The maximum atomic E-state index is 13.0. The van der Waals surface area contributed by atoms with Gasteiger partial charge in [-0.3, -0.25) is 14.5 Å². The Kier molecular flexibility index (Phi) is 6.18. The second-order valence-corrected chi connectivity index (χ2v) is 8.73. The summed E-state index contributed by atoms with van der Waals surface area (Å²) in [5.41, 5.74) is 4.12. The summed E-state index contributed by atoms with van der Waals surface area (Å²) in [5, 5.41) is 2.95. The predicted octanol–water partition coefficient (Wildman–Crippen LogP) is 3.94. The lowest BCUT2D eigenvalue weighted by Crippen LogP contribution is -2.35. The molecule has 1 N–H and O–H groups in total. The molecular weight excluding hydrogens is 374 g/mol. The first kappa shape index (κ1) is 20.6. The fourth-order valence-corrected chi connectivity index (χ4v) is 4.16. The summed E-state index contributed by atoms with van der Waals surface area (Å²) in [6, 6.07) is 15.8. The highest BCUT2D eigenvalue weighted by atomic mass is 16.2. The van der Waals surface area contributed by atoms with Gasteiger partial charge in [-0.2, -0.15) is 0 Å². The van der Waals surface area contributed by atoms with Crippen LogP contribution in [-0.4, -0.2) is 47.8 Å². The Morgan fingerprint density at radius 2 is 1.73 bits per heavy atom. The van der Waals surface area contributed by atoms with Crippen LogP contribution in [0.4, 0.5) is 5.69 Å². The lowest BCUT2D eigenvalue weighted by molar-refractivity contribution is -0.117. The van der Waals surface area contributed by atoms with Crippen molar-refractivity contribution in [1.29, 1.82) is 0 Å². The SMILES string of the molecule is Cc1ccccc1CN1CCCN(C(=O)c2ccc(NC(=O)C3CC3C)cc2)CC1. The summed E-state index contributed by atoms with van der Waals surface area (Å²) in [6.07, 6.45) is 1.95. The molecule has 2 atom stereocenters. The van der Waals surface area contributed by atoms with Crippen molar-refractivity contribution in [2.75, 3.05) is 31.5 Å². The molecule has 2 fully saturated rings. The molecule has 1 heterocycles. The zero-order valence-corrected chi connectivity index (χ0v) is 17.9. The summed E-state index contributed by atoms with van der Waals surface area (Å²) in [7, 11) is 0. The minimum atomic E-state index is 0.0708. The maximum absolute atomic E-state index is 13.0. The standard InChI is InChI=1S/C25H31N3O2/c1-18-6-3-4-7-21(18)17-27-12-5-13-28(15-14-27)25(30)20-8-10-22(11-9-20)26-24(29)23-16-19(23)2/h3-4,6-11,19,23H,5,12-17H2,1-2H3,(H,26,29). The summed E-state index contributed by atoms with van der Waals surface area (Å²) >= 11 is 0. The minimum absolute atomic E-state index is 0.0708. The van der Waals surface area contributed by atoms with E-state index in [0.29, 0.717) is 11.5 Å². The van der Waals surface area contributed by atoms with Gasteiger partial charge in [-0.1, -0.05) is 31.2 Å². The van der Waals surface area contributed by atoms with Crippen LogP contribution in [0.2, 0.25) is 0 Å². The average Bonchev–Trinajstić information content (AvgIpc) is 3.52. The molecule has 1 aliphatic carbocycles. The molecule has 5 heteroatoms. The van der Waals surface area contributed by atoms with Crippen LogP contribution in [0.1, 0.15) is 41.3 Å². The van der Waals surface area contributed by atoms with Crippen molar-refractivity contribution in [3.8, 4) is 0 Å². The molecule has 0 radical (unpaired) electrons. The van der Waals surface area contributed by atoms with Crippen molar-refractivity contribution in [3.05, 3.63) is 65.2 Å². The fourth-order valence-electron chi connectivity index (χ4n) is 4.16. The number of carbonyl (C=O) groups excluding carboxylic acids is 2. The van der Waals surface area contributed by atoms with Crippen LogP contribution < -0.4 is 5.32 Å². The predicted molar refractivity (Wildman–Crippen MR) is 119 cm³/mol. The van der Waals surface area contributed by atoms with Crippen LogP contribution in [-0.2, 0) is 11.3 Å². The number of hydrogen-bond donors (Lipinski definition) is 1. The summed E-state index contributed by atoms with van der Waals surface area (Å²) in [6.45, 7) is 8.58. The zero-order valence-electron chi connectivity index (χ0n) is 17.9. The number of nitrogens with zero attached hydrogens (tertiary/aromatic N) is 2. The van der Waals surface area contributed by atoms with E-state index < -0.39 is 0 Å². The van der Waals surface area contributed by atoms with Crippen molar-refractivity contribution in [2.24, 2.45) is 11.8 Å². The van der Waals surface area contributed by atoms with Gasteiger partial charge in [0, 0.05) is 49.9 Å². The monoisotopic (exact) mass is 405 g/mol. The topological polar surface area (TPSA) is 52.6 Å². The molecule has 1 aliphatic heterocycles. The van der Waals surface area contributed by atoms with Gasteiger partial charge in [0.1, 0.15) is 0 Å². The van der Waals surface area contributed by atoms with Gasteiger partial charge in [0.05, 0.1) is 0 Å². The highest BCUT2D eigenvalue weighted by molar-refractivity contribution is 5.97. The third kappa shape index (κ3) is 4.90. The Hall–Kier alpha value is -2.66. The van der Waals surface area contributed by atoms with Crippen molar-refractivity contribution in [2.45, 2.75) is 33.2 Å². The van der Waals surface area contributed by atoms with E-state index in [0.717, 1.165) is 51.3 Å². The van der Waals surface area contributed by atoms with Gasteiger partial charge in [0.15, 0.2) is 0 Å². The van der Waals surface area contributed by atoms with Gasteiger partial charge in [0.25, 0.3) is 5.91 Å². The number of benzene rings is 2. The molecular formula is C25H31N3O2. The Balaban J connectivity index is 1.32. The second-order valence-electron chi connectivity index (χ2n) is 8.73. The van der Waals surface area contributed by atoms with Gasteiger partial charge < -0.3 is 10.2 Å². The normalized spacial score (nSPS) is 21.7. The Labute approximate surface area is 179 Å². The summed E-state index contributed by atoms with van der Waals surface area (Å²) < 4.78 is 0. The van der Waals surface area contributed by atoms with Crippen molar-refractivity contribution in [1.82, 2.24) is 9.80 Å². The number of anilines is 1. The Bertz CT molecular complexity index is 909. The van der Waals surface area contributed by atoms with Crippen molar-refractivity contribution < 1.29 is 9.59 Å². The molecule has 2 aromatic rings. The second kappa shape index (κ2) is 9.00. The summed E-state index contributed by atoms with van der Waals surface area (Å²) in [4.78, 5) is 29.5. The number of hydrogen-bond acceptors (Lipinski definition) is 3. The van der Waals surface area contributed by atoms with Crippen LogP contribution in [0.3, 0.4) is 0 Å². The molecule has 4 rings (SSSR count). The van der Waals surface area contributed by atoms with E-state index in [1.807, 2.05) is 29.2 Å². The zero-order chi connectivity index (χ0) is 21.1. The van der Waals surface area contributed by atoms with Crippen molar-refractivity contribution in [3.63, 3.8) is 0 Å². The Morgan fingerprint density at radius 1 is 1.00 bits per heavy atom. The Morgan fingerprint density at radius 3 is 2.43 bits per heavy atom. The van der Waals surface area contributed by atoms with Crippen LogP contribution in [0, 0.1) is 18.8 Å². The fraction of sp³-hybridized carbons (Fsp3) is 0.440. The van der Waals surface area contributed by atoms with E-state index in [9.17, 15) is 9.59 Å². The summed E-state index contributed by atoms with van der Waals surface area (Å²) in [5.74, 6) is 0.787. The molecule has 1 saturated heterocycles. The average molecular weight is 406 g/mol. The molecule has 0 aromatic heterocycles. The van der Waals surface area contributed by atoms with E-state index in [-0.39, 0.29) is 17.7 Å². The van der Waals surface area contributed by atoms with Crippen LogP contribution in [0.15, 0.2) is 48.5 Å².